The van der Waals surface area contributed by atoms with E-state index in [0.29, 0.717) is 12.8 Å². The van der Waals surface area contributed by atoms with Gasteiger partial charge in [-0.2, -0.15) is 0 Å². The average Bonchev–Trinajstić information content (AvgIpc) is 2.50. The zero-order valence-corrected chi connectivity index (χ0v) is 15.4. The molecule has 134 valence electrons. The van der Waals surface area contributed by atoms with Crippen molar-refractivity contribution in [2.24, 2.45) is 16.2 Å². The van der Waals surface area contributed by atoms with Crippen LogP contribution in [-0.2, 0) is 16.0 Å². The molecule has 0 bridgehead atoms. The van der Waals surface area contributed by atoms with Gasteiger partial charge >= 0.3 is 11.9 Å². The first-order valence-electron chi connectivity index (χ1n) is 8.53. The van der Waals surface area contributed by atoms with Gasteiger partial charge in [-0.25, -0.2) is 0 Å². The van der Waals surface area contributed by atoms with Crippen LogP contribution < -0.4 is 0 Å². The number of carboxylic acids is 2. The molecule has 1 aromatic carbocycles. The summed E-state index contributed by atoms with van der Waals surface area (Å²) in [5.41, 5.74) is -2.63. The van der Waals surface area contributed by atoms with Crippen LogP contribution in [0.2, 0.25) is 0 Å². The van der Waals surface area contributed by atoms with E-state index in [1.807, 2.05) is 58.0 Å². The molecule has 1 aromatic rings. The molecule has 0 radical (unpaired) electrons. The van der Waals surface area contributed by atoms with Gasteiger partial charge in [0.2, 0.25) is 0 Å². The molecule has 24 heavy (non-hydrogen) atoms. The average molecular weight is 334 g/mol. The van der Waals surface area contributed by atoms with E-state index in [-0.39, 0.29) is 6.42 Å². The molecule has 2 atom stereocenters. The highest BCUT2D eigenvalue weighted by Crippen LogP contribution is 2.56. The van der Waals surface area contributed by atoms with Gasteiger partial charge in [-0.1, -0.05) is 70.9 Å². The van der Waals surface area contributed by atoms with Gasteiger partial charge in [-0.05, 0) is 30.7 Å². The lowest BCUT2D eigenvalue weighted by molar-refractivity contribution is -0.186. The Morgan fingerprint density at radius 1 is 0.958 bits per heavy atom. The molecular weight excluding hydrogens is 304 g/mol. The Morgan fingerprint density at radius 3 is 1.88 bits per heavy atom. The first-order valence-corrected chi connectivity index (χ1v) is 8.53. The highest BCUT2D eigenvalue weighted by Gasteiger charge is 2.63. The lowest BCUT2D eigenvalue weighted by Gasteiger charge is -2.50. The summed E-state index contributed by atoms with van der Waals surface area (Å²) in [6.07, 6.45) is 2.05. The zero-order chi connectivity index (χ0) is 18.6. The Labute approximate surface area is 144 Å². The molecule has 4 heteroatoms. The first-order chi connectivity index (χ1) is 11.0. The molecule has 0 spiro atoms. The second-order valence-corrected chi connectivity index (χ2v) is 7.83. The number of aliphatic carboxylic acids is 2. The van der Waals surface area contributed by atoms with Gasteiger partial charge in [0.1, 0.15) is 0 Å². The molecule has 0 aliphatic heterocycles. The third-order valence-corrected chi connectivity index (χ3v) is 5.60. The predicted molar refractivity (Wildman–Crippen MR) is 94.9 cm³/mol. The molecule has 0 amide bonds. The van der Waals surface area contributed by atoms with Gasteiger partial charge in [0.05, 0.1) is 10.8 Å². The Bertz CT molecular complexity index is 573. The molecule has 0 saturated heterocycles. The molecule has 0 aromatic heterocycles. The van der Waals surface area contributed by atoms with Crippen LogP contribution in [0.3, 0.4) is 0 Å². The molecule has 4 nitrogen and oxygen atoms in total. The molecule has 0 heterocycles. The van der Waals surface area contributed by atoms with Crippen molar-refractivity contribution in [1.29, 1.82) is 0 Å². The van der Waals surface area contributed by atoms with Crippen LogP contribution in [0.25, 0.3) is 0 Å². The van der Waals surface area contributed by atoms with E-state index in [1.54, 1.807) is 6.92 Å². The van der Waals surface area contributed by atoms with Gasteiger partial charge in [0, 0.05) is 0 Å². The highest BCUT2D eigenvalue weighted by molar-refractivity contribution is 5.87. The van der Waals surface area contributed by atoms with Crippen molar-refractivity contribution in [3.63, 3.8) is 0 Å². The van der Waals surface area contributed by atoms with Crippen LogP contribution >= 0.6 is 0 Å². The van der Waals surface area contributed by atoms with Crippen LogP contribution in [0.15, 0.2) is 30.3 Å². The number of rotatable bonds is 8. The van der Waals surface area contributed by atoms with Gasteiger partial charge in [0.15, 0.2) is 0 Å². The number of benzene rings is 1. The van der Waals surface area contributed by atoms with E-state index >= 15 is 0 Å². The summed E-state index contributed by atoms with van der Waals surface area (Å²) in [7, 11) is 0. The van der Waals surface area contributed by atoms with E-state index in [9.17, 15) is 19.8 Å². The fourth-order valence-corrected chi connectivity index (χ4v) is 3.58. The lowest BCUT2D eigenvalue weighted by Crippen LogP contribution is -2.58. The van der Waals surface area contributed by atoms with Crippen LogP contribution in [0, 0.1) is 16.2 Å². The van der Waals surface area contributed by atoms with E-state index in [0.717, 1.165) is 12.0 Å². The summed E-state index contributed by atoms with van der Waals surface area (Å²) < 4.78 is 0. The van der Waals surface area contributed by atoms with Gasteiger partial charge in [0.25, 0.3) is 0 Å². The van der Waals surface area contributed by atoms with Crippen molar-refractivity contribution < 1.29 is 19.8 Å². The van der Waals surface area contributed by atoms with Gasteiger partial charge < -0.3 is 10.2 Å². The predicted octanol–water partition coefficient (Wildman–Crippen LogP) is 4.63. The zero-order valence-electron chi connectivity index (χ0n) is 15.4. The minimum atomic E-state index is -1.41. The Kier molecular flexibility index (Phi) is 6.20. The topological polar surface area (TPSA) is 74.6 Å². The quantitative estimate of drug-likeness (QED) is 0.727. The third kappa shape index (κ3) is 3.47. The minimum Gasteiger partial charge on any atom is -0.481 e. The van der Waals surface area contributed by atoms with Crippen molar-refractivity contribution >= 4 is 11.9 Å². The normalized spacial score (nSPS) is 16.9. The number of hydrogen-bond acceptors (Lipinski definition) is 2. The standard InChI is InChI=1S/C20H30O4/c1-6-7-13-20(17(23)24,14-15-11-9-8-10-12-15)19(5,16(21)22)18(2,3)4/h8-12H,6-7,13-14H2,1-5H3,(H,21,22)(H,23,24). The van der Waals surface area contributed by atoms with E-state index < -0.39 is 28.2 Å². The third-order valence-electron chi connectivity index (χ3n) is 5.60. The van der Waals surface area contributed by atoms with Crippen molar-refractivity contribution in [2.75, 3.05) is 0 Å². The second-order valence-electron chi connectivity index (χ2n) is 7.83. The van der Waals surface area contributed by atoms with Gasteiger partial charge in [-0.3, -0.25) is 9.59 Å². The fraction of sp³-hybridized carbons (Fsp3) is 0.600. The molecule has 1 rings (SSSR count). The van der Waals surface area contributed by atoms with Crippen molar-refractivity contribution in [1.82, 2.24) is 0 Å². The number of unbranched alkanes of at least 4 members (excludes halogenated alkanes) is 1. The van der Waals surface area contributed by atoms with Crippen LogP contribution in [-0.4, -0.2) is 22.2 Å². The number of carboxylic acid groups (broad SMARTS) is 2. The maximum Gasteiger partial charge on any atom is 0.311 e. The van der Waals surface area contributed by atoms with E-state index in [2.05, 4.69) is 0 Å². The summed E-state index contributed by atoms with van der Waals surface area (Å²) in [5, 5.41) is 20.3. The summed E-state index contributed by atoms with van der Waals surface area (Å²) in [6, 6.07) is 9.33. The number of hydrogen-bond donors (Lipinski definition) is 2. The minimum absolute atomic E-state index is 0.212. The lowest BCUT2D eigenvalue weighted by atomic mass is 9.50. The summed E-state index contributed by atoms with van der Waals surface area (Å²) >= 11 is 0. The monoisotopic (exact) mass is 334 g/mol. The molecule has 0 fully saturated rings. The first kappa shape index (κ1) is 20.2. The molecule has 0 aliphatic rings. The van der Waals surface area contributed by atoms with Crippen molar-refractivity contribution in [3.8, 4) is 0 Å². The SMILES string of the molecule is CCCCC(Cc1ccccc1)(C(=O)O)C(C)(C(=O)O)C(C)(C)C. The smallest absolute Gasteiger partial charge is 0.311 e. The van der Waals surface area contributed by atoms with Crippen LogP contribution in [0.5, 0.6) is 0 Å². The van der Waals surface area contributed by atoms with Crippen LogP contribution in [0.4, 0.5) is 0 Å². The molecule has 0 aliphatic carbocycles. The molecule has 0 saturated carbocycles. The maximum atomic E-state index is 12.5. The highest BCUT2D eigenvalue weighted by atomic mass is 16.4. The van der Waals surface area contributed by atoms with E-state index in [1.165, 1.54) is 0 Å². The second kappa shape index (κ2) is 7.37. The van der Waals surface area contributed by atoms with E-state index in [4.69, 9.17) is 0 Å². The summed E-state index contributed by atoms with van der Waals surface area (Å²) in [6.45, 7) is 9.04. The van der Waals surface area contributed by atoms with Gasteiger partial charge in [-0.15, -0.1) is 0 Å². The molecule has 2 N–H and O–H groups in total. The summed E-state index contributed by atoms with van der Waals surface area (Å²) in [5.74, 6) is -2.08. The van der Waals surface area contributed by atoms with Crippen molar-refractivity contribution in [2.45, 2.75) is 60.3 Å². The Hall–Kier alpha value is -1.84. The largest absolute Gasteiger partial charge is 0.481 e. The fourth-order valence-electron chi connectivity index (χ4n) is 3.58. The maximum absolute atomic E-state index is 12.5. The van der Waals surface area contributed by atoms with Crippen LogP contribution in [0.1, 0.15) is 59.4 Å². The Balaban J connectivity index is 3.60. The van der Waals surface area contributed by atoms with Crippen molar-refractivity contribution in [3.05, 3.63) is 35.9 Å². The molecule has 2 unspecified atom stereocenters. The molecular formula is C20H30O4. The Morgan fingerprint density at radius 2 is 1.50 bits per heavy atom. The number of carbonyl (C=O) groups is 2. The summed E-state index contributed by atoms with van der Waals surface area (Å²) in [4.78, 5) is 24.8.